The van der Waals surface area contributed by atoms with Crippen molar-refractivity contribution in [1.29, 1.82) is 0 Å². The second-order valence-corrected chi connectivity index (χ2v) is 8.32. The van der Waals surface area contributed by atoms with E-state index in [0.717, 1.165) is 38.5 Å². The summed E-state index contributed by atoms with van der Waals surface area (Å²) in [5.74, 6) is 0.527. The molecule has 0 spiro atoms. The summed E-state index contributed by atoms with van der Waals surface area (Å²) >= 11 is 0. The number of hydrogen-bond donors (Lipinski definition) is 3. The molecule has 7 nitrogen and oxygen atoms in total. The standard InChI is InChI=1S/C23H35N5O2/c1-17(21-26-20-14-8-7-13-19(20)22(29)27-21)28(16-10-3-2-9-15-24)23(30)25-18-11-5-4-6-12-18/h7-8,13-14,17-18H,2-6,9-12,15-16,24H2,1H3,(H,25,30)(H,26,27,29)/t17-/m0/s1. The van der Waals surface area contributed by atoms with Gasteiger partial charge in [0.1, 0.15) is 5.82 Å². The van der Waals surface area contributed by atoms with Gasteiger partial charge in [-0.05, 0) is 51.3 Å². The van der Waals surface area contributed by atoms with Crippen molar-refractivity contribution in [2.45, 2.75) is 76.8 Å². The van der Waals surface area contributed by atoms with E-state index >= 15 is 0 Å². The Balaban J connectivity index is 1.76. The predicted octanol–water partition coefficient (Wildman–Crippen LogP) is 3.85. The molecule has 30 heavy (non-hydrogen) atoms. The van der Waals surface area contributed by atoms with Gasteiger partial charge in [0.25, 0.3) is 5.56 Å². The Hall–Kier alpha value is -2.41. The van der Waals surface area contributed by atoms with Crippen LogP contribution in [0.2, 0.25) is 0 Å². The second kappa shape index (κ2) is 11.1. The lowest BCUT2D eigenvalue weighted by atomic mass is 9.96. The summed E-state index contributed by atoms with van der Waals surface area (Å²) in [5, 5.41) is 3.78. The van der Waals surface area contributed by atoms with Gasteiger partial charge in [0.2, 0.25) is 0 Å². The van der Waals surface area contributed by atoms with Crippen LogP contribution in [0.5, 0.6) is 0 Å². The monoisotopic (exact) mass is 413 g/mol. The predicted molar refractivity (Wildman–Crippen MR) is 120 cm³/mol. The Morgan fingerprint density at radius 1 is 1.20 bits per heavy atom. The molecule has 1 heterocycles. The van der Waals surface area contributed by atoms with Crippen molar-refractivity contribution >= 4 is 16.9 Å². The molecule has 2 amide bonds. The zero-order chi connectivity index (χ0) is 21.3. The first kappa shape index (κ1) is 22.3. The molecular weight excluding hydrogens is 378 g/mol. The maximum absolute atomic E-state index is 13.2. The Bertz CT molecular complexity index is 875. The number of H-pyrrole nitrogens is 1. The van der Waals surface area contributed by atoms with Gasteiger partial charge in [0.15, 0.2) is 0 Å². The number of nitrogens with one attached hydrogen (secondary N) is 2. The number of carbonyl (C=O) groups excluding carboxylic acids is 1. The molecule has 0 radical (unpaired) electrons. The number of urea groups is 1. The highest BCUT2D eigenvalue weighted by molar-refractivity contribution is 5.77. The summed E-state index contributed by atoms with van der Waals surface area (Å²) in [5.41, 5.74) is 6.07. The molecule has 1 aliphatic carbocycles. The number of aromatic amines is 1. The average Bonchev–Trinajstić information content (AvgIpc) is 2.76. The van der Waals surface area contributed by atoms with Crippen LogP contribution < -0.4 is 16.6 Å². The fraction of sp³-hybridized carbons (Fsp3) is 0.609. The van der Waals surface area contributed by atoms with Gasteiger partial charge in [-0.3, -0.25) is 4.79 Å². The topological polar surface area (TPSA) is 104 Å². The Labute approximate surface area is 178 Å². The maximum atomic E-state index is 13.2. The minimum atomic E-state index is -0.319. The zero-order valence-electron chi connectivity index (χ0n) is 18.0. The minimum Gasteiger partial charge on any atom is -0.335 e. The van der Waals surface area contributed by atoms with Crippen LogP contribution in [0.15, 0.2) is 29.1 Å². The number of para-hydroxylation sites is 1. The molecule has 4 N–H and O–H groups in total. The lowest BCUT2D eigenvalue weighted by Crippen LogP contribution is -2.47. The molecule has 1 aliphatic rings. The van der Waals surface area contributed by atoms with Crippen molar-refractivity contribution < 1.29 is 4.79 Å². The van der Waals surface area contributed by atoms with E-state index in [1.165, 1.54) is 19.3 Å². The van der Waals surface area contributed by atoms with Gasteiger partial charge >= 0.3 is 6.03 Å². The van der Waals surface area contributed by atoms with E-state index < -0.39 is 0 Å². The number of unbranched alkanes of at least 4 members (excludes halogenated alkanes) is 3. The molecule has 2 aromatic rings. The van der Waals surface area contributed by atoms with Gasteiger partial charge in [-0.25, -0.2) is 9.78 Å². The van der Waals surface area contributed by atoms with E-state index in [1.54, 1.807) is 6.07 Å². The van der Waals surface area contributed by atoms with Crippen LogP contribution in [-0.2, 0) is 0 Å². The number of nitrogens with zero attached hydrogens (tertiary/aromatic N) is 2. The van der Waals surface area contributed by atoms with Crippen LogP contribution in [0.4, 0.5) is 4.79 Å². The average molecular weight is 414 g/mol. The van der Waals surface area contributed by atoms with Crippen LogP contribution >= 0.6 is 0 Å². The van der Waals surface area contributed by atoms with Crippen molar-refractivity contribution in [2.24, 2.45) is 5.73 Å². The molecule has 3 rings (SSSR count). The molecule has 7 heteroatoms. The summed E-state index contributed by atoms with van der Waals surface area (Å²) in [6.07, 6.45) is 9.65. The van der Waals surface area contributed by atoms with E-state index in [0.29, 0.717) is 29.8 Å². The summed E-state index contributed by atoms with van der Waals surface area (Å²) in [6.45, 7) is 3.26. The van der Waals surface area contributed by atoms with E-state index in [-0.39, 0.29) is 23.7 Å². The normalized spacial score (nSPS) is 15.8. The Kier molecular flexibility index (Phi) is 8.25. The molecular formula is C23H35N5O2. The zero-order valence-corrected chi connectivity index (χ0v) is 18.0. The van der Waals surface area contributed by atoms with Crippen LogP contribution in [0.3, 0.4) is 0 Å². The number of amides is 2. The fourth-order valence-corrected chi connectivity index (χ4v) is 4.21. The molecule has 0 unspecified atom stereocenters. The molecule has 164 valence electrons. The Morgan fingerprint density at radius 3 is 2.70 bits per heavy atom. The highest BCUT2D eigenvalue weighted by Crippen LogP contribution is 2.21. The largest absolute Gasteiger partial charge is 0.335 e. The molecule has 1 atom stereocenters. The summed E-state index contributed by atoms with van der Waals surface area (Å²) < 4.78 is 0. The van der Waals surface area contributed by atoms with Gasteiger partial charge < -0.3 is 20.9 Å². The van der Waals surface area contributed by atoms with Crippen molar-refractivity contribution in [3.63, 3.8) is 0 Å². The van der Waals surface area contributed by atoms with E-state index in [1.807, 2.05) is 30.0 Å². The number of hydrogen-bond acceptors (Lipinski definition) is 4. The SMILES string of the molecule is C[C@@H](c1nc2ccccc2c(=O)[nH]1)N(CCCCCCN)C(=O)NC1CCCCC1. The quantitative estimate of drug-likeness (QED) is 0.543. The highest BCUT2D eigenvalue weighted by atomic mass is 16.2. The maximum Gasteiger partial charge on any atom is 0.318 e. The molecule has 1 saturated carbocycles. The first-order chi connectivity index (χ1) is 14.6. The number of rotatable bonds is 9. The van der Waals surface area contributed by atoms with Crippen LogP contribution in [-0.4, -0.2) is 40.0 Å². The van der Waals surface area contributed by atoms with Gasteiger partial charge in [-0.1, -0.05) is 44.2 Å². The third-order valence-corrected chi connectivity index (χ3v) is 6.04. The number of nitrogens with two attached hydrogens (primary N) is 1. The van der Waals surface area contributed by atoms with E-state index in [9.17, 15) is 9.59 Å². The van der Waals surface area contributed by atoms with Crippen molar-refractivity contribution in [3.05, 3.63) is 40.4 Å². The molecule has 1 fully saturated rings. The smallest absolute Gasteiger partial charge is 0.318 e. The van der Waals surface area contributed by atoms with Gasteiger partial charge in [0, 0.05) is 12.6 Å². The summed E-state index contributed by atoms with van der Waals surface area (Å²) in [6, 6.07) is 7.15. The van der Waals surface area contributed by atoms with Gasteiger partial charge in [-0.2, -0.15) is 0 Å². The number of carbonyl (C=O) groups is 1. The van der Waals surface area contributed by atoms with Crippen molar-refractivity contribution in [3.8, 4) is 0 Å². The first-order valence-electron chi connectivity index (χ1n) is 11.4. The lowest BCUT2D eigenvalue weighted by molar-refractivity contribution is 0.168. The highest BCUT2D eigenvalue weighted by Gasteiger charge is 2.26. The molecule has 0 saturated heterocycles. The summed E-state index contributed by atoms with van der Waals surface area (Å²) in [4.78, 5) is 35.1. The van der Waals surface area contributed by atoms with Crippen molar-refractivity contribution in [1.82, 2.24) is 20.2 Å². The first-order valence-corrected chi connectivity index (χ1v) is 11.4. The van der Waals surface area contributed by atoms with Gasteiger partial charge in [-0.15, -0.1) is 0 Å². The number of fused-ring (bicyclic) bond motifs is 1. The lowest BCUT2D eigenvalue weighted by Gasteiger charge is -2.32. The molecule has 0 bridgehead atoms. The molecule has 0 aliphatic heterocycles. The summed E-state index contributed by atoms with van der Waals surface area (Å²) in [7, 11) is 0. The second-order valence-electron chi connectivity index (χ2n) is 8.32. The van der Waals surface area contributed by atoms with E-state index in [4.69, 9.17) is 5.73 Å². The Morgan fingerprint density at radius 2 is 1.93 bits per heavy atom. The van der Waals surface area contributed by atoms with Crippen LogP contribution in [0.25, 0.3) is 10.9 Å². The molecule has 1 aromatic carbocycles. The van der Waals surface area contributed by atoms with Gasteiger partial charge in [0.05, 0.1) is 16.9 Å². The molecule has 1 aromatic heterocycles. The number of benzene rings is 1. The number of aromatic nitrogens is 2. The fourth-order valence-electron chi connectivity index (χ4n) is 4.21. The van der Waals surface area contributed by atoms with E-state index in [2.05, 4.69) is 15.3 Å². The van der Waals surface area contributed by atoms with Crippen molar-refractivity contribution in [2.75, 3.05) is 13.1 Å². The van der Waals surface area contributed by atoms with Crippen LogP contribution in [0.1, 0.15) is 76.6 Å². The third-order valence-electron chi connectivity index (χ3n) is 6.04. The third kappa shape index (κ3) is 5.81. The minimum absolute atomic E-state index is 0.0657. The van der Waals surface area contributed by atoms with Crippen LogP contribution in [0, 0.1) is 0 Å².